The molecule has 7 nitrogen and oxygen atoms in total. The number of aromatic nitrogens is 3. The Morgan fingerprint density at radius 2 is 1.72 bits per heavy atom. The highest BCUT2D eigenvalue weighted by molar-refractivity contribution is 5.86. The highest BCUT2D eigenvalue weighted by Gasteiger charge is 2.27. The molecule has 0 bridgehead atoms. The van der Waals surface area contributed by atoms with Gasteiger partial charge in [0.25, 0.3) is 0 Å². The third-order valence-electron chi connectivity index (χ3n) is 6.33. The molecule has 32 heavy (non-hydrogen) atoms. The Hall–Kier alpha value is -1.12. The van der Waals surface area contributed by atoms with Crippen molar-refractivity contribution in [2.45, 2.75) is 58.5 Å². The first-order chi connectivity index (χ1) is 14.1. The molecule has 0 amide bonds. The zero-order valence-corrected chi connectivity index (χ0v) is 21.7. The molecule has 2 aromatic rings. The van der Waals surface area contributed by atoms with Crippen LogP contribution in [0.15, 0.2) is 22.7 Å². The van der Waals surface area contributed by atoms with Crippen molar-refractivity contribution in [2.24, 2.45) is 0 Å². The van der Waals surface area contributed by atoms with Gasteiger partial charge in [-0.05, 0) is 58.3 Å². The zero-order chi connectivity index (χ0) is 20.2. The lowest BCUT2D eigenvalue weighted by molar-refractivity contribution is 0.0965. The summed E-state index contributed by atoms with van der Waals surface area (Å²) in [6, 6.07) is 7.50. The van der Waals surface area contributed by atoms with E-state index in [2.05, 4.69) is 44.8 Å². The molecule has 10 heteroatoms. The van der Waals surface area contributed by atoms with E-state index in [1.165, 1.54) is 38.9 Å². The standard InChI is InChI=1S/C22H34N6O.3ClH/c1-4-21-24-22(25-29-21)19-7-5-8-20(23-19)28-12-6-11-27(15-16-28)18-9-13-26(14-10-18)17(2)3;;;/h5,7-8,17-18H,4,6,9-16H2,1-3H3;3*1H. The fourth-order valence-corrected chi connectivity index (χ4v) is 4.53. The maximum Gasteiger partial charge on any atom is 0.226 e. The van der Waals surface area contributed by atoms with Crippen LogP contribution in [-0.4, -0.2) is 76.3 Å². The number of rotatable bonds is 5. The summed E-state index contributed by atoms with van der Waals surface area (Å²) in [5.41, 5.74) is 0.785. The van der Waals surface area contributed by atoms with Gasteiger partial charge in [0.1, 0.15) is 11.5 Å². The third kappa shape index (κ3) is 6.94. The predicted molar refractivity (Wildman–Crippen MR) is 137 cm³/mol. The summed E-state index contributed by atoms with van der Waals surface area (Å²) >= 11 is 0. The molecule has 0 atom stereocenters. The van der Waals surface area contributed by atoms with Crippen LogP contribution in [-0.2, 0) is 6.42 Å². The highest BCUT2D eigenvalue weighted by Crippen LogP contribution is 2.23. The minimum Gasteiger partial charge on any atom is -0.355 e. The second-order valence-corrected chi connectivity index (χ2v) is 8.48. The van der Waals surface area contributed by atoms with E-state index in [9.17, 15) is 0 Å². The van der Waals surface area contributed by atoms with E-state index in [1.54, 1.807) is 0 Å². The lowest BCUT2D eigenvalue weighted by Crippen LogP contribution is -2.47. The fourth-order valence-electron chi connectivity index (χ4n) is 4.53. The molecule has 0 aromatic carbocycles. The molecule has 2 aromatic heterocycles. The van der Waals surface area contributed by atoms with Crippen molar-refractivity contribution in [3.63, 3.8) is 0 Å². The Balaban J connectivity index is 0.00000171. The number of aryl methyl sites for hydroxylation is 1. The third-order valence-corrected chi connectivity index (χ3v) is 6.33. The summed E-state index contributed by atoms with van der Waals surface area (Å²) in [5, 5.41) is 4.07. The Morgan fingerprint density at radius 1 is 0.969 bits per heavy atom. The van der Waals surface area contributed by atoms with E-state index in [0.717, 1.165) is 43.6 Å². The number of pyridine rings is 1. The summed E-state index contributed by atoms with van der Waals surface area (Å²) in [4.78, 5) is 17.0. The monoisotopic (exact) mass is 506 g/mol. The van der Waals surface area contributed by atoms with Crippen molar-refractivity contribution in [3.8, 4) is 11.5 Å². The molecule has 0 radical (unpaired) electrons. The van der Waals surface area contributed by atoms with Gasteiger partial charge < -0.3 is 14.3 Å². The van der Waals surface area contributed by atoms with E-state index in [1.807, 2.05) is 19.1 Å². The highest BCUT2D eigenvalue weighted by atomic mass is 35.5. The largest absolute Gasteiger partial charge is 0.355 e. The van der Waals surface area contributed by atoms with Crippen LogP contribution in [0.3, 0.4) is 0 Å². The predicted octanol–water partition coefficient (Wildman–Crippen LogP) is 4.34. The van der Waals surface area contributed by atoms with E-state index >= 15 is 0 Å². The summed E-state index contributed by atoms with van der Waals surface area (Å²) in [7, 11) is 0. The number of nitrogens with zero attached hydrogens (tertiary/aromatic N) is 6. The second kappa shape index (κ2) is 13.6. The lowest BCUT2D eigenvalue weighted by atomic mass is 10.0. The quantitative estimate of drug-likeness (QED) is 0.596. The minimum atomic E-state index is 0. The number of hydrogen-bond acceptors (Lipinski definition) is 7. The normalized spacial score (nSPS) is 18.4. The van der Waals surface area contributed by atoms with Gasteiger partial charge in [0.15, 0.2) is 0 Å². The van der Waals surface area contributed by atoms with E-state index in [-0.39, 0.29) is 37.2 Å². The van der Waals surface area contributed by atoms with Gasteiger partial charge >= 0.3 is 0 Å². The van der Waals surface area contributed by atoms with Gasteiger partial charge in [0.05, 0.1) is 0 Å². The van der Waals surface area contributed by atoms with Crippen LogP contribution in [0.5, 0.6) is 0 Å². The average molecular weight is 508 g/mol. The van der Waals surface area contributed by atoms with Gasteiger partial charge in [-0.2, -0.15) is 4.98 Å². The Kier molecular flexibility index (Phi) is 12.2. The molecule has 0 aliphatic carbocycles. The van der Waals surface area contributed by atoms with Crippen molar-refractivity contribution in [2.75, 3.05) is 44.2 Å². The molecular formula is C22H37Cl3N6O. The molecule has 0 N–H and O–H groups in total. The van der Waals surface area contributed by atoms with Crippen LogP contribution in [0.25, 0.3) is 11.5 Å². The van der Waals surface area contributed by atoms with Crippen molar-refractivity contribution >= 4 is 43.0 Å². The first kappa shape index (κ1) is 28.9. The summed E-state index contributed by atoms with van der Waals surface area (Å²) in [6.45, 7) is 13.5. The molecule has 4 rings (SSSR count). The summed E-state index contributed by atoms with van der Waals surface area (Å²) < 4.78 is 5.25. The Labute approximate surface area is 210 Å². The molecule has 2 aliphatic rings. The van der Waals surface area contributed by atoms with Crippen LogP contribution < -0.4 is 4.90 Å². The Morgan fingerprint density at radius 3 is 2.38 bits per heavy atom. The number of halogens is 3. The van der Waals surface area contributed by atoms with Gasteiger partial charge in [-0.15, -0.1) is 37.2 Å². The van der Waals surface area contributed by atoms with Crippen LogP contribution >= 0.6 is 37.2 Å². The van der Waals surface area contributed by atoms with Crippen molar-refractivity contribution in [1.29, 1.82) is 0 Å². The number of anilines is 1. The van der Waals surface area contributed by atoms with Crippen LogP contribution in [0.1, 0.15) is 45.9 Å². The summed E-state index contributed by atoms with van der Waals surface area (Å²) in [5.74, 6) is 2.25. The SMILES string of the molecule is CCc1nc(-c2cccc(N3CCCN(C4CCN(C(C)C)CC4)CC3)n2)no1.Cl.Cl.Cl. The number of likely N-dealkylation sites (tertiary alicyclic amines) is 1. The molecule has 2 aliphatic heterocycles. The first-order valence-electron chi connectivity index (χ1n) is 11.2. The topological polar surface area (TPSA) is 61.5 Å². The molecule has 0 spiro atoms. The van der Waals surface area contributed by atoms with Crippen molar-refractivity contribution < 1.29 is 4.52 Å². The maximum absolute atomic E-state index is 5.25. The van der Waals surface area contributed by atoms with E-state index in [0.29, 0.717) is 17.8 Å². The first-order valence-corrected chi connectivity index (χ1v) is 11.2. The lowest BCUT2D eigenvalue weighted by Gasteiger charge is -2.39. The molecule has 2 fully saturated rings. The van der Waals surface area contributed by atoms with Crippen LogP contribution in [0, 0.1) is 0 Å². The second-order valence-electron chi connectivity index (χ2n) is 8.48. The van der Waals surface area contributed by atoms with Crippen molar-refractivity contribution in [1.82, 2.24) is 24.9 Å². The molecular weight excluding hydrogens is 471 g/mol. The van der Waals surface area contributed by atoms with E-state index < -0.39 is 0 Å². The van der Waals surface area contributed by atoms with Crippen molar-refractivity contribution in [3.05, 3.63) is 24.1 Å². The van der Waals surface area contributed by atoms with E-state index in [4.69, 9.17) is 9.51 Å². The minimum absolute atomic E-state index is 0. The average Bonchev–Trinajstić information content (AvgIpc) is 3.11. The van der Waals surface area contributed by atoms with Gasteiger partial charge in [-0.25, -0.2) is 4.98 Å². The smallest absolute Gasteiger partial charge is 0.226 e. The number of hydrogen-bond donors (Lipinski definition) is 0. The zero-order valence-electron chi connectivity index (χ0n) is 19.3. The molecule has 2 saturated heterocycles. The number of piperidine rings is 1. The molecule has 182 valence electrons. The molecule has 0 unspecified atom stereocenters. The van der Waals surface area contributed by atoms with Crippen LogP contribution in [0.4, 0.5) is 5.82 Å². The van der Waals surface area contributed by atoms with Gasteiger partial charge in [0, 0.05) is 44.7 Å². The molecule has 0 saturated carbocycles. The molecule has 4 heterocycles. The van der Waals surface area contributed by atoms with Crippen LogP contribution in [0.2, 0.25) is 0 Å². The maximum atomic E-state index is 5.25. The Bertz CT molecular complexity index is 797. The fraction of sp³-hybridized carbons (Fsp3) is 0.682. The van der Waals surface area contributed by atoms with Gasteiger partial charge in [0.2, 0.25) is 11.7 Å². The summed E-state index contributed by atoms with van der Waals surface area (Å²) in [6.07, 6.45) is 4.51. The van der Waals surface area contributed by atoms with Gasteiger partial charge in [-0.3, -0.25) is 4.90 Å². The van der Waals surface area contributed by atoms with Gasteiger partial charge in [-0.1, -0.05) is 18.1 Å².